The van der Waals surface area contributed by atoms with E-state index in [4.69, 9.17) is 16.3 Å². The third-order valence-corrected chi connectivity index (χ3v) is 5.51. The average Bonchev–Trinajstić information content (AvgIpc) is 3.01. The van der Waals surface area contributed by atoms with Gasteiger partial charge in [-0.1, -0.05) is 27.5 Å². The summed E-state index contributed by atoms with van der Waals surface area (Å²) in [5.41, 5.74) is 6.01. The Kier molecular flexibility index (Phi) is 6.82. The smallest absolute Gasteiger partial charge is 0.337 e. The highest BCUT2D eigenvalue weighted by Crippen LogP contribution is 2.25. The summed E-state index contributed by atoms with van der Waals surface area (Å²) < 4.78 is 7.86. The number of methoxy groups -OCH3 is 1. The summed E-state index contributed by atoms with van der Waals surface area (Å²) in [4.78, 5) is 23.9. The van der Waals surface area contributed by atoms with Gasteiger partial charge in [0.15, 0.2) is 0 Å². The Morgan fingerprint density at radius 2 is 1.90 bits per heavy atom. The number of aromatic nitrogens is 1. The second kappa shape index (κ2) is 9.36. The zero-order valence-corrected chi connectivity index (χ0v) is 19.3. The van der Waals surface area contributed by atoms with Gasteiger partial charge in [-0.2, -0.15) is 5.10 Å². The Morgan fingerprint density at radius 3 is 2.58 bits per heavy atom. The molecule has 0 radical (unpaired) electrons. The molecule has 0 saturated carbocycles. The third kappa shape index (κ3) is 4.81. The standard InChI is InChI=1S/C22H19BrClN3O4/c1-12-8-14(11-25-26-21(28)18-9-15(23)4-7-20(18)31-3)13(2)27(12)16-5-6-19(24)17(10-16)22(29)30/h4-11H,1-3H3,(H,26,28)(H,29,30). The number of carbonyl (C=O) groups is 2. The lowest BCUT2D eigenvalue weighted by molar-refractivity contribution is 0.0696. The normalized spacial score (nSPS) is 11.0. The van der Waals surface area contributed by atoms with Crippen LogP contribution >= 0.6 is 27.5 Å². The van der Waals surface area contributed by atoms with E-state index in [1.54, 1.807) is 30.3 Å². The molecule has 0 aliphatic heterocycles. The summed E-state index contributed by atoms with van der Waals surface area (Å²) in [6.07, 6.45) is 1.54. The molecule has 0 aliphatic rings. The molecule has 160 valence electrons. The van der Waals surface area contributed by atoms with Gasteiger partial charge in [0.2, 0.25) is 0 Å². The lowest BCUT2D eigenvalue weighted by atomic mass is 10.2. The average molecular weight is 505 g/mol. The number of hydrogen-bond acceptors (Lipinski definition) is 4. The van der Waals surface area contributed by atoms with Crippen LogP contribution in [0.5, 0.6) is 5.75 Å². The number of benzene rings is 2. The van der Waals surface area contributed by atoms with Gasteiger partial charge in [0.1, 0.15) is 5.75 Å². The lowest BCUT2D eigenvalue weighted by Gasteiger charge is -2.11. The van der Waals surface area contributed by atoms with Crippen LogP contribution in [-0.4, -0.2) is 34.9 Å². The van der Waals surface area contributed by atoms with Gasteiger partial charge in [0.25, 0.3) is 5.91 Å². The Balaban J connectivity index is 1.86. The maximum Gasteiger partial charge on any atom is 0.337 e. The number of halogens is 2. The minimum atomic E-state index is -1.10. The second-order valence-electron chi connectivity index (χ2n) is 6.67. The zero-order chi connectivity index (χ0) is 22.7. The highest BCUT2D eigenvalue weighted by molar-refractivity contribution is 9.10. The molecule has 0 aliphatic carbocycles. The molecular weight excluding hydrogens is 486 g/mol. The summed E-state index contributed by atoms with van der Waals surface area (Å²) in [5, 5.41) is 13.6. The molecule has 1 heterocycles. The van der Waals surface area contributed by atoms with E-state index < -0.39 is 11.9 Å². The van der Waals surface area contributed by atoms with Gasteiger partial charge in [-0.15, -0.1) is 0 Å². The van der Waals surface area contributed by atoms with E-state index in [0.29, 0.717) is 17.0 Å². The molecule has 0 unspecified atom stereocenters. The van der Waals surface area contributed by atoms with Gasteiger partial charge in [-0.3, -0.25) is 4.79 Å². The minimum absolute atomic E-state index is 0.0251. The molecule has 31 heavy (non-hydrogen) atoms. The number of rotatable bonds is 6. The number of aromatic carboxylic acids is 1. The van der Waals surface area contributed by atoms with Crippen molar-refractivity contribution in [1.82, 2.24) is 9.99 Å². The van der Waals surface area contributed by atoms with Crippen LogP contribution in [0.4, 0.5) is 0 Å². The monoisotopic (exact) mass is 503 g/mol. The van der Waals surface area contributed by atoms with Crippen molar-refractivity contribution in [2.24, 2.45) is 5.10 Å². The van der Waals surface area contributed by atoms with E-state index in [-0.39, 0.29) is 10.6 Å². The second-order valence-corrected chi connectivity index (χ2v) is 8.00. The van der Waals surface area contributed by atoms with Gasteiger partial charge in [0.05, 0.1) is 29.5 Å². The first-order valence-electron chi connectivity index (χ1n) is 9.12. The van der Waals surface area contributed by atoms with Crippen LogP contribution in [0, 0.1) is 13.8 Å². The summed E-state index contributed by atoms with van der Waals surface area (Å²) in [7, 11) is 1.49. The molecule has 2 N–H and O–H groups in total. The first kappa shape index (κ1) is 22.6. The molecule has 0 spiro atoms. The molecule has 0 fully saturated rings. The first-order chi connectivity index (χ1) is 14.7. The molecule has 1 aromatic heterocycles. The van der Waals surface area contributed by atoms with E-state index in [1.165, 1.54) is 19.4 Å². The molecule has 2 aromatic carbocycles. The number of aryl methyl sites for hydroxylation is 1. The van der Waals surface area contributed by atoms with Crippen LogP contribution in [-0.2, 0) is 0 Å². The van der Waals surface area contributed by atoms with Crippen molar-refractivity contribution >= 4 is 45.6 Å². The number of nitrogens with zero attached hydrogens (tertiary/aromatic N) is 2. The van der Waals surface area contributed by atoms with E-state index in [0.717, 1.165) is 21.4 Å². The van der Waals surface area contributed by atoms with Crippen molar-refractivity contribution in [3.63, 3.8) is 0 Å². The number of carboxylic acids is 1. The van der Waals surface area contributed by atoms with Crippen molar-refractivity contribution < 1.29 is 19.4 Å². The predicted octanol–water partition coefficient (Wildman–Crippen LogP) is 4.98. The van der Waals surface area contributed by atoms with Gasteiger partial charge in [-0.25, -0.2) is 10.2 Å². The van der Waals surface area contributed by atoms with Gasteiger partial charge in [-0.05, 0) is 56.3 Å². The zero-order valence-electron chi connectivity index (χ0n) is 16.9. The number of nitrogens with one attached hydrogen (secondary N) is 1. The minimum Gasteiger partial charge on any atom is -0.496 e. The molecule has 0 saturated heterocycles. The molecule has 0 bridgehead atoms. The van der Waals surface area contributed by atoms with Crippen LogP contribution in [0.2, 0.25) is 5.02 Å². The maximum absolute atomic E-state index is 12.5. The van der Waals surface area contributed by atoms with E-state index >= 15 is 0 Å². The van der Waals surface area contributed by atoms with Crippen molar-refractivity contribution in [3.8, 4) is 11.4 Å². The van der Waals surface area contributed by atoms with Crippen molar-refractivity contribution in [2.75, 3.05) is 7.11 Å². The van der Waals surface area contributed by atoms with Gasteiger partial charge in [0, 0.05) is 27.1 Å². The molecule has 7 nitrogen and oxygen atoms in total. The predicted molar refractivity (Wildman–Crippen MR) is 123 cm³/mol. The van der Waals surface area contributed by atoms with Crippen LogP contribution in [0.1, 0.15) is 37.7 Å². The van der Waals surface area contributed by atoms with Crippen molar-refractivity contribution in [2.45, 2.75) is 13.8 Å². The summed E-state index contributed by atoms with van der Waals surface area (Å²) in [5.74, 6) is -1.07. The fraction of sp³-hybridized carbons (Fsp3) is 0.136. The van der Waals surface area contributed by atoms with E-state index in [9.17, 15) is 14.7 Å². The molecule has 9 heteroatoms. The first-order valence-corrected chi connectivity index (χ1v) is 10.3. The number of carbonyl (C=O) groups excluding carboxylic acids is 1. The molecule has 0 atom stereocenters. The van der Waals surface area contributed by atoms with E-state index in [1.807, 2.05) is 24.5 Å². The van der Waals surface area contributed by atoms with Crippen molar-refractivity contribution in [3.05, 3.63) is 80.0 Å². The van der Waals surface area contributed by atoms with Crippen LogP contribution in [0.3, 0.4) is 0 Å². The number of carboxylic acid groups (broad SMARTS) is 1. The Labute approximate surface area is 192 Å². The molecular formula is C22H19BrClN3O4. The number of hydrazone groups is 1. The van der Waals surface area contributed by atoms with Gasteiger partial charge >= 0.3 is 5.97 Å². The number of ether oxygens (including phenoxy) is 1. The number of amides is 1. The summed E-state index contributed by atoms with van der Waals surface area (Å²) >= 11 is 9.32. The molecule has 3 rings (SSSR count). The van der Waals surface area contributed by atoms with Crippen LogP contribution in [0.15, 0.2) is 52.0 Å². The highest BCUT2D eigenvalue weighted by atomic mass is 79.9. The summed E-state index contributed by atoms with van der Waals surface area (Å²) in [6.45, 7) is 3.77. The molecule has 3 aromatic rings. The Hall–Kier alpha value is -3.10. The number of hydrogen-bond donors (Lipinski definition) is 2. The SMILES string of the molecule is COc1ccc(Br)cc1C(=O)NN=Cc1cc(C)n(-c2ccc(Cl)c(C(=O)O)c2)c1C. The van der Waals surface area contributed by atoms with Crippen LogP contribution < -0.4 is 10.2 Å². The topological polar surface area (TPSA) is 92.9 Å². The summed E-state index contributed by atoms with van der Waals surface area (Å²) in [6, 6.07) is 11.8. The Morgan fingerprint density at radius 1 is 1.16 bits per heavy atom. The van der Waals surface area contributed by atoms with Crippen LogP contribution in [0.25, 0.3) is 5.69 Å². The quantitative estimate of drug-likeness (QED) is 0.366. The van der Waals surface area contributed by atoms with E-state index in [2.05, 4.69) is 26.5 Å². The lowest BCUT2D eigenvalue weighted by Crippen LogP contribution is -2.18. The highest BCUT2D eigenvalue weighted by Gasteiger charge is 2.15. The fourth-order valence-electron chi connectivity index (χ4n) is 3.21. The fourth-order valence-corrected chi connectivity index (χ4v) is 3.77. The Bertz CT molecular complexity index is 1200. The van der Waals surface area contributed by atoms with Gasteiger partial charge < -0.3 is 14.4 Å². The largest absolute Gasteiger partial charge is 0.496 e. The van der Waals surface area contributed by atoms with Crippen molar-refractivity contribution in [1.29, 1.82) is 0 Å². The molecule has 1 amide bonds. The maximum atomic E-state index is 12.5. The third-order valence-electron chi connectivity index (χ3n) is 4.68.